The molecule has 6 heteroatoms. The van der Waals surface area contributed by atoms with Crippen molar-refractivity contribution in [2.24, 2.45) is 0 Å². The van der Waals surface area contributed by atoms with Crippen LogP contribution in [0.1, 0.15) is 0 Å². The van der Waals surface area contributed by atoms with E-state index in [1.54, 1.807) is 0 Å². The summed E-state index contributed by atoms with van der Waals surface area (Å²) in [5.74, 6) is 0. The van der Waals surface area contributed by atoms with Crippen LogP contribution in [0.3, 0.4) is 0 Å². The fraction of sp³-hybridized carbons (Fsp3) is 0. The summed E-state index contributed by atoms with van der Waals surface area (Å²) in [6, 6.07) is 2.13. The van der Waals surface area contributed by atoms with Crippen molar-refractivity contribution in [1.82, 2.24) is 4.98 Å². The highest BCUT2D eigenvalue weighted by molar-refractivity contribution is 7.86. The Morgan fingerprint density at radius 2 is 2.09 bits per heavy atom. The second-order valence-corrected chi connectivity index (χ2v) is 3.12. The molecule has 0 bridgehead atoms. The molecule has 1 heterocycles. The summed E-state index contributed by atoms with van der Waals surface area (Å²) in [5.41, 5.74) is -0.949. The molecular formula is C5H4FNO3S. The summed E-state index contributed by atoms with van der Waals surface area (Å²) < 4.78 is 32.5. The first kappa shape index (κ1) is 7.93. The number of pyridine rings is 1. The lowest BCUT2D eigenvalue weighted by Crippen LogP contribution is -2.13. The van der Waals surface area contributed by atoms with Crippen LogP contribution in [0, 0.1) is 0 Å². The van der Waals surface area contributed by atoms with Crippen LogP contribution in [0.2, 0.25) is 0 Å². The Kier molecular flexibility index (Phi) is 1.77. The van der Waals surface area contributed by atoms with Gasteiger partial charge >= 0.3 is 10.2 Å². The monoisotopic (exact) mass is 177 g/mol. The molecule has 0 fully saturated rings. The van der Waals surface area contributed by atoms with Crippen LogP contribution in [-0.4, -0.2) is 13.4 Å². The molecule has 0 amide bonds. The van der Waals surface area contributed by atoms with E-state index in [1.165, 1.54) is 12.3 Å². The molecule has 4 nitrogen and oxygen atoms in total. The molecule has 0 aromatic carbocycles. The summed E-state index contributed by atoms with van der Waals surface area (Å²) in [6.45, 7) is 0. The van der Waals surface area contributed by atoms with Gasteiger partial charge in [0.25, 0.3) is 5.56 Å². The van der Waals surface area contributed by atoms with E-state index in [0.717, 1.165) is 6.07 Å². The number of H-pyrrole nitrogens is 1. The molecule has 0 atom stereocenters. The topological polar surface area (TPSA) is 67.0 Å². The molecule has 0 aliphatic rings. The predicted molar refractivity (Wildman–Crippen MR) is 35.4 cm³/mol. The third-order valence-electron chi connectivity index (χ3n) is 1.04. The van der Waals surface area contributed by atoms with Gasteiger partial charge in [0.05, 0.1) is 0 Å². The van der Waals surface area contributed by atoms with E-state index in [0.29, 0.717) is 0 Å². The minimum absolute atomic E-state index is 0.861. The Morgan fingerprint density at radius 1 is 1.45 bits per heavy atom. The lowest BCUT2D eigenvalue weighted by atomic mass is 10.5. The minimum atomic E-state index is -4.88. The summed E-state index contributed by atoms with van der Waals surface area (Å²) in [7, 11) is -4.88. The zero-order chi connectivity index (χ0) is 8.48. The summed E-state index contributed by atoms with van der Waals surface area (Å²) >= 11 is 0. The van der Waals surface area contributed by atoms with Crippen LogP contribution in [0.15, 0.2) is 28.0 Å². The van der Waals surface area contributed by atoms with Gasteiger partial charge in [0.1, 0.15) is 0 Å². The van der Waals surface area contributed by atoms with Crippen LogP contribution >= 0.6 is 0 Å². The molecule has 0 saturated heterocycles. The van der Waals surface area contributed by atoms with Crippen molar-refractivity contribution >= 4 is 10.2 Å². The lowest BCUT2D eigenvalue weighted by molar-refractivity contribution is 0.550. The van der Waals surface area contributed by atoms with Crippen LogP contribution in [0.25, 0.3) is 0 Å². The van der Waals surface area contributed by atoms with E-state index in [4.69, 9.17) is 0 Å². The molecule has 0 unspecified atom stereocenters. The molecular weight excluding hydrogens is 173 g/mol. The van der Waals surface area contributed by atoms with Gasteiger partial charge in [0, 0.05) is 6.20 Å². The SMILES string of the molecule is O=c1[nH]cccc1S(=O)(=O)F. The molecule has 1 rings (SSSR count). The smallest absolute Gasteiger partial charge is 0.328 e. The first-order valence-corrected chi connectivity index (χ1v) is 4.02. The van der Waals surface area contributed by atoms with E-state index in [1.807, 2.05) is 4.98 Å². The molecule has 60 valence electrons. The Labute approximate surface area is 61.9 Å². The quantitative estimate of drug-likeness (QED) is 0.615. The normalized spacial score (nSPS) is 11.4. The summed E-state index contributed by atoms with van der Waals surface area (Å²) in [6.07, 6.45) is 1.22. The van der Waals surface area contributed by atoms with Crippen LogP contribution in [0.5, 0.6) is 0 Å². The number of aromatic nitrogens is 1. The van der Waals surface area contributed by atoms with Gasteiger partial charge in [0.2, 0.25) is 0 Å². The average molecular weight is 177 g/mol. The molecule has 0 spiro atoms. The van der Waals surface area contributed by atoms with Gasteiger partial charge in [-0.15, -0.1) is 3.89 Å². The van der Waals surface area contributed by atoms with Crippen molar-refractivity contribution in [1.29, 1.82) is 0 Å². The van der Waals surface area contributed by atoms with Gasteiger partial charge in [-0.1, -0.05) is 0 Å². The molecule has 0 saturated carbocycles. The third kappa shape index (κ3) is 1.64. The van der Waals surface area contributed by atoms with Gasteiger partial charge in [-0.2, -0.15) is 8.42 Å². The van der Waals surface area contributed by atoms with Crippen LogP contribution < -0.4 is 5.56 Å². The molecule has 11 heavy (non-hydrogen) atoms. The Morgan fingerprint density at radius 3 is 2.45 bits per heavy atom. The number of rotatable bonds is 1. The fourth-order valence-corrected chi connectivity index (χ4v) is 1.12. The second kappa shape index (κ2) is 2.46. The largest absolute Gasteiger partial charge is 0.337 e. The van der Waals surface area contributed by atoms with Gasteiger partial charge in [-0.3, -0.25) is 4.79 Å². The van der Waals surface area contributed by atoms with E-state index in [-0.39, 0.29) is 0 Å². The maximum Gasteiger partial charge on any atom is 0.337 e. The number of nitrogens with one attached hydrogen (secondary N) is 1. The number of hydrogen-bond acceptors (Lipinski definition) is 3. The first-order valence-electron chi connectivity index (χ1n) is 2.64. The summed E-state index contributed by atoms with van der Waals surface area (Å²) in [5, 5.41) is 0. The number of halogens is 1. The van der Waals surface area contributed by atoms with E-state index >= 15 is 0 Å². The van der Waals surface area contributed by atoms with Crippen molar-refractivity contribution in [2.45, 2.75) is 4.90 Å². The number of aromatic amines is 1. The van der Waals surface area contributed by atoms with Crippen LogP contribution in [0.4, 0.5) is 3.89 Å². The maximum atomic E-state index is 12.1. The maximum absolute atomic E-state index is 12.1. The Hall–Kier alpha value is -1.17. The Bertz CT molecular complexity index is 408. The van der Waals surface area contributed by atoms with Crippen molar-refractivity contribution in [3.05, 3.63) is 28.7 Å². The van der Waals surface area contributed by atoms with Crippen LogP contribution in [-0.2, 0) is 10.2 Å². The highest BCUT2D eigenvalue weighted by Crippen LogP contribution is 2.03. The van der Waals surface area contributed by atoms with Gasteiger partial charge in [0.15, 0.2) is 4.90 Å². The molecule has 1 aromatic heterocycles. The standard InChI is InChI=1S/C5H4FNO3S/c6-11(9,10)4-2-1-3-7-5(4)8/h1-3H,(H,7,8). The zero-order valence-corrected chi connectivity index (χ0v) is 6.06. The van der Waals surface area contributed by atoms with Gasteiger partial charge in [-0.05, 0) is 12.1 Å². The highest BCUT2D eigenvalue weighted by atomic mass is 32.3. The van der Waals surface area contributed by atoms with E-state index < -0.39 is 20.7 Å². The highest BCUT2D eigenvalue weighted by Gasteiger charge is 2.14. The van der Waals surface area contributed by atoms with Crippen molar-refractivity contribution in [2.75, 3.05) is 0 Å². The Balaban J connectivity index is 3.50. The lowest BCUT2D eigenvalue weighted by Gasteiger charge is -1.89. The van der Waals surface area contributed by atoms with E-state index in [2.05, 4.69) is 0 Å². The zero-order valence-electron chi connectivity index (χ0n) is 5.24. The fourth-order valence-electron chi connectivity index (χ4n) is 0.598. The minimum Gasteiger partial charge on any atom is -0.328 e. The van der Waals surface area contributed by atoms with Gasteiger partial charge < -0.3 is 4.98 Å². The van der Waals surface area contributed by atoms with Crippen molar-refractivity contribution in [3.8, 4) is 0 Å². The average Bonchev–Trinajstić information content (AvgIpc) is 1.86. The molecule has 1 aromatic rings. The molecule has 0 aliphatic heterocycles. The van der Waals surface area contributed by atoms with Crippen molar-refractivity contribution in [3.63, 3.8) is 0 Å². The molecule has 0 radical (unpaired) electrons. The molecule has 1 N–H and O–H groups in total. The van der Waals surface area contributed by atoms with Crippen molar-refractivity contribution < 1.29 is 12.3 Å². The third-order valence-corrected chi connectivity index (χ3v) is 1.89. The van der Waals surface area contributed by atoms with Gasteiger partial charge in [-0.25, -0.2) is 0 Å². The second-order valence-electron chi connectivity index (χ2n) is 1.80. The first-order chi connectivity index (χ1) is 5.02. The number of hydrogen-bond donors (Lipinski definition) is 1. The molecule has 0 aliphatic carbocycles. The predicted octanol–water partition coefficient (Wildman–Crippen LogP) is 0.0331. The summed E-state index contributed by atoms with van der Waals surface area (Å²) in [4.78, 5) is 11.8. The van der Waals surface area contributed by atoms with E-state index in [9.17, 15) is 17.1 Å².